The van der Waals surface area contributed by atoms with E-state index in [0.29, 0.717) is 12.6 Å². The van der Waals surface area contributed by atoms with E-state index in [1.165, 1.54) is 19.3 Å². The van der Waals surface area contributed by atoms with Crippen molar-refractivity contribution in [1.29, 1.82) is 0 Å². The summed E-state index contributed by atoms with van der Waals surface area (Å²) in [6.45, 7) is 1.43. The lowest BCUT2D eigenvalue weighted by atomic mass is 9.93. The molecule has 0 unspecified atom stereocenters. The lowest BCUT2D eigenvalue weighted by Crippen LogP contribution is -2.50. The molecule has 0 aromatic heterocycles. The molecular weight excluding hydrogens is 192 g/mol. The van der Waals surface area contributed by atoms with Gasteiger partial charge in [0.05, 0.1) is 12.6 Å². The first-order chi connectivity index (χ1) is 7.29. The van der Waals surface area contributed by atoms with Crippen molar-refractivity contribution in [3.05, 3.63) is 0 Å². The van der Waals surface area contributed by atoms with Crippen LogP contribution in [0.2, 0.25) is 0 Å². The van der Waals surface area contributed by atoms with Crippen molar-refractivity contribution in [2.75, 3.05) is 13.2 Å². The lowest BCUT2D eigenvalue weighted by Gasteiger charge is -2.36. The first-order valence-electron chi connectivity index (χ1n) is 5.94. The standard InChI is InChI=1S/C11H20N2O2/c12-11(14)13(10-6-7-15-8-10)9-4-2-1-3-5-9/h9-10H,1-8H2,(H2,12,14)/t10-/m1/s1. The van der Waals surface area contributed by atoms with Crippen LogP contribution in [0.25, 0.3) is 0 Å². The summed E-state index contributed by atoms with van der Waals surface area (Å²) in [5.74, 6) is 0. The molecule has 2 N–H and O–H groups in total. The van der Waals surface area contributed by atoms with Crippen LogP contribution in [-0.2, 0) is 4.74 Å². The van der Waals surface area contributed by atoms with Gasteiger partial charge in [0.1, 0.15) is 0 Å². The smallest absolute Gasteiger partial charge is 0.315 e. The molecule has 0 radical (unpaired) electrons. The number of primary amides is 1. The molecule has 0 aromatic rings. The largest absolute Gasteiger partial charge is 0.379 e. The number of urea groups is 1. The zero-order valence-electron chi connectivity index (χ0n) is 9.15. The maximum absolute atomic E-state index is 11.5. The van der Waals surface area contributed by atoms with Crippen LogP contribution in [0.15, 0.2) is 0 Å². The van der Waals surface area contributed by atoms with Gasteiger partial charge in [0, 0.05) is 12.6 Å². The minimum absolute atomic E-state index is 0.227. The van der Waals surface area contributed by atoms with Crippen molar-refractivity contribution in [3.63, 3.8) is 0 Å². The van der Waals surface area contributed by atoms with Crippen LogP contribution in [0.3, 0.4) is 0 Å². The van der Waals surface area contributed by atoms with Gasteiger partial charge in [-0.15, -0.1) is 0 Å². The van der Waals surface area contributed by atoms with Gasteiger partial charge in [-0.1, -0.05) is 19.3 Å². The van der Waals surface area contributed by atoms with Crippen molar-refractivity contribution < 1.29 is 9.53 Å². The minimum atomic E-state index is -0.266. The van der Waals surface area contributed by atoms with E-state index in [1.54, 1.807) is 0 Å². The van der Waals surface area contributed by atoms with Crippen LogP contribution in [0.5, 0.6) is 0 Å². The van der Waals surface area contributed by atoms with Gasteiger partial charge in [-0.3, -0.25) is 0 Å². The van der Waals surface area contributed by atoms with Crippen LogP contribution in [0.1, 0.15) is 38.5 Å². The van der Waals surface area contributed by atoms with E-state index in [1.807, 2.05) is 4.90 Å². The van der Waals surface area contributed by atoms with Crippen molar-refractivity contribution in [2.24, 2.45) is 5.73 Å². The number of nitrogens with zero attached hydrogens (tertiary/aromatic N) is 1. The fourth-order valence-corrected chi connectivity index (χ4v) is 2.76. The molecule has 1 saturated carbocycles. The number of ether oxygens (including phenoxy) is 1. The zero-order valence-corrected chi connectivity index (χ0v) is 9.15. The highest BCUT2D eigenvalue weighted by Gasteiger charge is 2.32. The van der Waals surface area contributed by atoms with E-state index in [2.05, 4.69) is 0 Å². The van der Waals surface area contributed by atoms with E-state index >= 15 is 0 Å². The SMILES string of the molecule is NC(=O)N(C1CCCCC1)[C@@H]1CCOC1. The Hall–Kier alpha value is -0.770. The molecule has 0 bridgehead atoms. The molecule has 0 aromatic carbocycles. The Kier molecular flexibility index (Phi) is 3.46. The van der Waals surface area contributed by atoms with Crippen molar-refractivity contribution in [3.8, 4) is 0 Å². The Morgan fingerprint density at radius 3 is 2.40 bits per heavy atom. The zero-order chi connectivity index (χ0) is 10.7. The third kappa shape index (κ3) is 2.43. The molecule has 15 heavy (non-hydrogen) atoms. The quantitative estimate of drug-likeness (QED) is 0.754. The number of hydrogen-bond donors (Lipinski definition) is 1. The van der Waals surface area contributed by atoms with Crippen LogP contribution in [-0.4, -0.2) is 36.2 Å². The minimum Gasteiger partial charge on any atom is -0.379 e. The molecule has 2 rings (SSSR count). The van der Waals surface area contributed by atoms with Gasteiger partial charge in [-0.05, 0) is 19.3 Å². The molecule has 2 fully saturated rings. The summed E-state index contributed by atoms with van der Waals surface area (Å²) in [7, 11) is 0. The summed E-state index contributed by atoms with van der Waals surface area (Å²) in [6, 6.07) is 0.325. The highest BCUT2D eigenvalue weighted by Crippen LogP contribution is 2.26. The highest BCUT2D eigenvalue weighted by molar-refractivity contribution is 5.72. The molecule has 1 heterocycles. The van der Waals surface area contributed by atoms with Gasteiger partial charge in [-0.25, -0.2) is 4.79 Å². The van der Waals surface area contributed by atoms with E-state index in [9.17, 15) is 4.79 Å². The Morgan fingerprint density at radius 2 is 1.87 bits per heavy atom. The number of carbonyl (C=O) groups is 1. The van der Waals surface area contributed by atoms with E-state index in [0.717, 1.165) is 25.9 Å². The van der Waals surface area contributed by atoms with Gasteiger partial charge in [-0.2, -0.15) is 0 Å². The maximum atomic E-state index is 11.5. The van der Waals surface area contributed by atoms with Gasteiger partial charge < -0.3 is 15.4 Å². The second-order valence-electron chi connectivity index (χ2n) is 4.55. The van der Waals surface area contributed by atoms with Crippen LogP contribution in [0.4, 0.5) is 4.79 Å². The summed E-state index contributed by atoms with van der Waals surface area (Å²) in [5.41, 5.74) is 5.48. The molecular formula is C11H20N2O2. The Bertz CT molecular complexity index is 221. The third-order valence-corrected chi connectivity index (χ3v) is 3.52. The molecule has 2 amide bonds. The van der Waals surface area contributed by atoms with Gasteiger partial charge >= 0.3 is 6.03 Å². The summed E-state index contributed by atoms with van der Waals surface area (Å²) in [6.07, 6.45) is 6.91. The average Bonchev–Trinajstić information content (AvgIpc) is 2.72. The molecule has 0 spiro atoms. The van der Waals surface area contributed by atoms with Crippen LogP contribution >= 0.6 is 0 Å². The van der Waals surface area contributed by atoms with E-state index in [4.69, 9.17) is 10.5 Å². The summed E-state index contributed by atoms with van der Waals surface area (Å²) in [4.78, 5) is 13.4. The fraction of sp³-hybridized carbons (Fsp3) is 0.909. The maximum Gasteiger partial charge on any atom is 0.315 e. The Morgan fingerprint density at radius 1 is 1.13 bits per heavy atom. The Labute approximate surface area is 90.8 Å². The molecule has 86 valence electrons. The monoisotopic (exact) mass is 212 g/mol. The molecule has 1 aliphatic heterocycles. The van der Waals surface area contributed by atoms with Crippen molar-refractivity contribution >= 4 is 6.03 Å². The predicted molar refractivity (Wildman–Crippen MR) is 57.5 cm³/mol. The molecule has 2 aliphatic rings. The normalized spacial score (nSPS) is 27.9. The summed E-state index contributed by atoms with van der Waals surface area (Å²) in [5, 5.41) is 0. The van der Waals surface area contributed by atoms with Crippen LogP contribution in [0, 0.1) is 0 Å². The fourth-order valence-electron chi connectivity index (χ4n) is 2.76. The predicted octanol–water partition coefficient (Wildman–Crippen LogP) is 1.49. The molecule has 1 atom stereocenters. The lowest BCUT2D eigenvalue weighted by molar-refractivity contribution is 0.113. The number of amides is 2. The summed E-state index contributed by atoms with van der Waals surface area (Å²) >= 11 is 0. The summed E-state index contributed by atoms with van der Waals surface area (Å²) < 4.78 is 5.33. The number of hydrogen-bond acceptors (Lipinski definition) is 2. The van der Waals surface area contributed by atoms with Gasteiger partial charge in [0.25, 0.3) is 0 Å². The second-order valence-corrected chi connectivity index (χ2v) is 4.55. The number of nitrogens with two attached hydrogens (primary N) is 1. The number of carbonyl (C=O) groups excluding carboxylic acids is 1. The van der Waals surface area contributed by atoms with Crippen LogP contribution < -0.4 is 5.73 Å². The van der Waals surface area contributed by atoms with Gasteiger partial charge in [0.15, 0.2) is 0 Å². The van der Waals surface area contributed by atoms with E-state index < -0.39 is 0 Å². The molecule has 4 nitrogen and oxygen atoms in total. The molecule has 1 aliphatic carbocycles. The average molecular weight is 212 g/mol. The number of rotatable bonds is 2. The second kappa shape index (κ2) is 4.84. The first-order valence-corrected chi connectivity index (χ1v) is 5.94. The highest BCUT2D eigenvalue weighted by atomic mass is 16.5. The molecule has 4 heteroatoms. The topological polar surface area (TPSA) is 55.6 Å². The Balaban J connectivity index is 2.00. The first kappa shape index (κ1) is 10.7. The van der Waals surface area contributed by atoms with Crippen molar-refractivity contribution in [1.82, 2.24) is 4.90 Å². The molecule has 1 saturated heterocycles. The van der Waals surface area contributed by atoms with E-state index in [-0.39, 0.29) is 12.1 Å². The third-order valence-electron chi connectivity index (χ3n) is 3.52. The van der Waals surface area contributed by atoms with Gasteiger partial charge in [0.2, 0.25) is 0 Å². The van der Waals surface area contributed by atoms with Crippen molar-refractivity contribution in [2.45, 2.75) is 50.6 Å².